The minimum atomic E-state index is -0.920. The van der Waals surface area contributed by atoms with Crippen LogP contribution in [0, 0.1) is 5.92 Å². The molecule has 114 valence electrons. The zero-order chi connectivity index (χ0) is 15.4. The van der Waals surface area contributed by atoms with Crippen LogP contribution >= 0.6 is 0 Å². The van der Waals surface area contributed by atoms with E-state index in [0.29, 0.717) is 6.54 Å². The normalized spacial score (nSPS) is 15.7. The molecule has 5 heteroatoms. The maximum Gasteiger partial charge on any atom is 0.320 e. The molecule has 0 radical (unpaired) electrons. The summed E-state index contributed by atoms with van der Waals surface area (Å²) in [5.74, 6) is -1.06. The molecule has 0 spiro atoms. The third-order valence-corrected chi connectivity index (χ3v) is 3.82. The zero-order valence-corrected chi connectivity index (χ0v) is 12.5. The Morgan fingerprint density at radius 2 is 2.05 bits per heavy atom. The average Bonchev–Trinajstić information content (AvgIpc) is 2.46. The number of carbonyl (C=O) groups excluding carboxylic acids is 1. The first-order valence-electron chi connectivity index (χ1n) is 7.35. The summed E-state index contributed by atoms with van der Waals surface area (Å²) in [5.41, 5.74) is 2.13. The van der Waals surface area contributed by atoms with Gasteiger partial charge in [0.1, 0.15) is 6.04 Å². The van der Waals surface area contributed by atoms with E-state index in [9.17, 15) is 9.59 Å². The van der Waals surface area contributed by atoms with Crippen molar-refractivity contribution in [1.82, 2.24) is 5.32 Å². The van der Waals surface area contributed by atoms with Crippen LogP contribution in [0.2, 0.25) is 0 Å². The number of amides is 1. The fourth-order valence-electron chi connectivity index (χ4n) is 2.69. The van der Waals surface area contributed by atoms with Gasteiger partial charge in [0, 0.05) is 12.2 Å². The van der Waals surface area contributed by atoms with Crippen LogP contribution in [0.1, 0.15) is 25.8 Å². The summed E-state index contributed by atoms with van der Waals surface area (Å²) in [7, 11) is 0. The first-order valence-corrected chi connectivity index (χ1v) is 7.35. The van der Waals surface area contributed by atoms with Gasteiger partial charge in [0.05, 0.1) is 6.54 Å². The molecule has 2 rings (SSSR count). The van der Waals surface area contributed by atoms with E-state index in [1.165, 1.54) is 5.56 Å². The third-order valence-electron chi connectivity index (χ3n) is 3.82. The van der Waals surface area contributed by atoms with E-state index in [-0.39, 0.29) is 18.4 Å². The highest BCUT2D eigenvalue weighted by atomic mass is 16.4. The molecule has 1 aromatic carbocycles. The smallest absolute Gasteiger partial charge is 0.320 e. The van der Waals surface area contributed by atoms with Crippen LogP contribution in [0.4, 0.5) is 5.69 Å². The number of fused-ring (bicyclic) bond motifs is 1. The van der Waals surface area contributed by atoms with E-state index in [1.54, 1.807) is 4.90 Å². The van der Waals surface area contributed by atoms with E-state index < -0.39 is 12.0 Å². The lowest BCUT2D eigenvalue weighted by atomic mass is 10.0. The fourth-order valence-corrected chi connectivity index (χ4v) is 2.69. The standard InChI is InChI=1S/C16H22N2O3/c1-11(2)15(16(20)21)17-10-14(19)18-9-5-7-12-6-3-4-8-13(12)18/h3-4,6,8,11,15,17H,5,7,9-10H2,1-2H3,(H,20,21). The van der Waals surface area contributed by atoms with E-state index in [0.717, 1.165) is 18.5 Å². The van der Waals surface area contributed by atoms with Crippen molar-refractivity contribution in [2.24, 2.45) is 5.92 Å². The number of carbonyl (C=O) groups is 2. The lowest BCUT2D eigenvalue weighted by Gasteiger charge is -2.30. The molecule has 0 bridgehead atoms. The van der Waals surface area contributed by atoms with Gasteiger partial charge in [0.2, 0.25) is 5.91 Å². The van der Waals surface area contributed by atoms with Crippen LogP contribution in [0.3, 0.4) is 0 Å². The van der Waals surface area contributed by atoms with Gasteiger partial charge < -0.3 is 10.0 Å². The van der Waals surface area contributed by atoms with E-state index >= 15 is 0 Å². The quantitative estimate of drug-likeness (QED) is 0.865. The minimum absolute atomic E-state index is 0.0451. The minimum Gasteiger partial charge on any atom is -0.480 e. The van der Waals surface area contributed by atoms with Gasteiger partial charge in [-0.25, -0.2) is 0 Å². The van der Waals surface area contributed by atoms with Crippen LogP contribution < -0.4 is 10.2 Å². The van der Waals surface area contributed by atoms with Gasteiger partial charge in [-0.3, -0.25) is 14.9 Å². The number of hydrogen-bond donors (Lipinski definition) is 2. The number of carboxylic acids is 1. The Hall–Kier alpha value is -1.88. The lowest BCUT2D eigenvalue weighted by Crippen LogP contribution is -2.48. The molecule has 21 heavy (non-hydrogen) atoms. The van der Waals surface area contributed by atoms with Crippen LogP contribution in [0.15, 0.2) is 24.3 Å². The van der Waals surface area contributed by atoms with E-state index in [1.807, 2.05) is 38.1 Å². The first kappa shape index (κ1) is 15.5. The monoisotopic (exact) mass is 290 g/mol. The van der Waals surface area contributed by atoms with E-state index in [2.05, 4.69) is 5.32 Å². The van der Waals surface area contributed by atoms with Gasteiger partial charge in [-0.15, -0.1) is 0 Å². The van der Waals surface area contributed by atoms with Gasteiger partial charge in [-0.1, -0.05) is 32.0 Å². The number of nitrogens with zero attached hydrogens (tertiary/aromatic N) is 1. The van der Waals surface area contributed by atoms with Crippen molar-refractivity contribution in [3.8, 4) is 0 Å². The summed E-state index contributed by atoms with van der Waals surface area (Å²) in [5, 5.41) is 12.0. The first-order chi connectivity index (χ1) is 10.0. The maximum absolute atomic E-state index is 12.4. The molecule has 0 aromatic heterocycles. The fraction of sp³-hybridized carbons (Fsp3) is 0.500. The number of aryl methyl sites for hydroxylation is 1. The number of para-hydroxylation sites is 1. The van der Waals surface area contributed by atoms with Crippen molar-refractivity contribution in [3.63, 3.8) is 0 Å². The molecule has 0 aliphatic carbocycles. The molecule has 0 saturated carbocycles. The predicted octanol–water partition coefficient (Wildman–Crippen LogP) is 1.66. The number of aliphatic carboxylic acids is 1. The SMILES string of the molecule is CC(C)C(NCC(=O)N1CCCc2ccccc21)C(=O)O. The molecule has 1 heterocycles. The van der Waals surface area contributed by atoms with Crippen LogP contribution in [-0.4, -0.2) is 36.1 Å². The van der Waals surface area contributed by atoms with Crippen molar-refractivity contribution in [2.75, 3.05) is 18.0 Å². The number of nitrogens with one attached hydrogen (secondary N) is 1. The van der Waals surface area contributed by atoms with Gasteiger partial charge in [0.15, 0.2) is 0 Å². The van der Waals surface area contributed by atoms with Crippen molar-refractivity contribution < 1.29 is 14.7 Å². The topological polar surface area (TPSA) is 69.6 Å². The summed E-state index contributed by atoms with van der Waals surface area (Å²) >= 11 is 0. The largest absolute Gasteiger partial charge is 0.480 e. The Bertz CT molecular complexity index is 528. The molecule has 1 unspecified atom stereocenters. The molecular weight excluding hydrogens is 268 g/mol. The summed E-state index contributed by atoms with van der Waals surface area (Å²) in [4.78, 5) is 25.3. The Balaban J connectivity index is 2.03. The Morgan fingerprint density at radius 1 is 1.33 bits per heavy atom. The molecule has 5 nitrogen and oxygen atoms in total. The summed E-state index contributed by atoms with van der Waals surface area (Å²) in [6.45, 7) is 4.39. The summed E-state index contributed by atoms with van der Waals surface area (Å²) in [6, 6.07) is 7.19. The van der Waals surface area contributed by atoms with Gasteiger partial charge in [-0.2, -0.15) is 0 Å². The molecule has 1 aliphatic rings. The average molecular weight is 290 g/mol. The van der Waals surface area contributed by atoms with Crippen molar-refractivity contribution in [1.29, 1.82) is 0 Å². The third kappa shape index (κ3) is 3.61. The second kappa shape index (κ2) is 6.72. The molecule has 1 amide bonds. The molecule has 1 atom stereocenters. The molecule has 0 saturated heterocycles. The van der Waals surface area contributed by atoms with Gasteiger partial charge >= 0.3 is 5.97 Å². The van der Waals surface area contributed by atoms with Crippen LogP contribution in [0.5, 0.6) is 0 Å². The molecule has 1 aromatic rings. The molecule has 1 aliphatic heterocycles. The summed E-state index contributed by atoms with van der Waals surface area (Å²) < 4.78 is 0. The van der Waals surface area contributed by atoms with Gasteiger partial charge in [-0.05, 0) is 30.4 Å². The molecule has 0 fully saturated rings. The van der Waals surface area contributed by atoms with Crippen molar-refractivity contribution in [2.45, 2.75) is 32.7 Å². The van der Waals surface area contributed by atoms with Crippen molar-refractivity contribution in [3.05, 3.63) is 29.8 Å². The number of anilines is 1. The second-order valence-electron chi connectivity index (χ2n) is 5.72. The van der Waals surface area contributed by atoms with Crippen LogP contribution in [-0.2, 0) is 16.0 Å². The number of benzene rings is 1. The highest BCUT2D eigenvalue weighted by Gasteiger charge is 2.25. The molecule has 2 N–H and O–H groups in total. The number of carboxylic acid groups (broad SMARTS) is 1. The highest BCUT2D eigenvalue weighted by molar-refractivity contribution is 5.96. The predicted molar refractivity (Wildman–Crippen MR) is 81.4 cm³/mol. The summed E-state index contributed by atoms with van der Waals surface area (Å²) in [6.07, 6.45) is 1.92. The zero-order valence-electron chi connectivity index (χ0n) is 12.5. The van der Waals surface area contributed by atoms with E-state index in [4.69, 9.17) is 5.11 Å². The van der Waals surface area contributed by atoms with Crippen LogP contribution in [0.25, 0.3) is 0 Å². The Kier molecular flexibility index (Phi) is 4.96. The highest BCUT2D eigenvalue weighted by Crippen LogP contribution is 2.26. The Morgan fingerprint density at radius 3 is 2.71 bits per heavy atom. The number of hydrogen-bond acceptors (Lipinski definition) is 3. The lowest BCUT2D eigenvalue weighted by molar-refractivity contribution is -0.140. The number of rotatable bonds is 5. The molecular formula is C16H22N2O3. The van der Waals surface area contributed by atoms with Gasteiger partial charge in [0.25, 0.3) is 0 Å². The van der Waals surface area contributed by atoms with Crippen molar-refractivity contribution >= 4 is 17.6 Å². The Labute approximate surface area is 125 Å². The maximum atomic E-state index is 12.4. The second-order valence-corrected chi connectivity index (χ2v) is 5.72.